The van der Waals surface area contributed by atoms with Crippen molar-refractivity contribution in [3.63, 3.8) is 0 Å². The van der Waals surface area contributed by atoms with Gasteiger partial charge in [-0.25, -0.2) is 4.39 Å². The Morgan fingerprint density at radius 3 is 2.43 bits per heavy atom. The van der Waals surface area contributed by atoms with Crippen LogP contribution in [0.5, 0.6) is 0 Å². The molecule has 0 aromatic heterocycles. The molecule has 78 valence electrons. The molecule has 14 heavy (non-hydrogen) atoms. The Morgan fingerprint density at radius 2 is 1.93 bits per heavy atom. The van der Waals surface area contributed by atoms with Crippen LogP contribution in [0.4, 0.5) is 4.39 Å². The van der Waals surface area contributed by atoms with Gasteiger partial charge < -0.3 is 5.11 Å². The van der Waals surface area contributed by atoms with Crippen molar-refractivity contribution in [1.82, 2.24) is 0 Å². The SMILES string of the molecule is CC(C)C(C)(O)Cc1ccccc1F. The van der Waals surface area contributed by atoms with Crippen LogP contribution < -0.4 is 0 Å². The highest BCUT2D eigenvalue weighted by atomic mass is 19.1. The van der Waals surface area contributed by atoms with Gasteiger partial charge in [0.15, 0.2) is 0 Å². The topological polar surface area (TPSA) is 20.2 Å². The minimum Gasteiger partial charge on any atom is -0.390 e. The van der Waals surface area contributed by atoms with Gasteiger partial charge in [0.2, 0.25) is 0 Å². The molecule has 1 nitrogen and oxygen atoms in total. The van der Waals surface area contributed by atoms with Gasteiger partial charge in [-0.05, 0) is 24.5 Å². The normalized spacial score (nSPS) is 15.6. The second kappa shape index (κ2) is 4.09. The first-order valence-corrected chi connectivity index (χ1v) is 4.89. The van der Waals surface area contributed by atoms with Crippen molar-refractivity contribution in [3.05, 3.63) is 35.6 Å². The first-order valence-electron chi connectivity index (χ1n) is 4.89. The number of aliphatic hydroxyl groups is 1. The smallest absolute Gasteiger partial charge is 0.126 e. The summed E-state index contributed by atoms with van der Waals surface area (Å²) in [5.74, 6) is -0.129. The van der Waals surface area contributed by atoms with Gasteiger partial charge in [-0.3, -0.25) is 0 Å². The van der Waals surface area contributed by atoms with Crippen molar-refractivity contribution < 1.29 is 9.50 Å². The zero-order chi connectivity index (χ0) is 10.8. The van der Waals surface area contributed by atoms with Gasteiger partial charge in [0.25, 0.3) is 0 Å². The van der Waals surface area contributed by atoms with E-state index in [0.29, 0.717) is 12.0 Å². The summed E-state index contributed by atoms with van der Waals surface area (Å²) in [5, 5.41) is 10.0. The molecule has 0 aliphatic heterocycles. The lowest BCUT2D eigenvalue weighted by Gasteiger charge is -2.27. The maximum absolute atomic E-state index is 13.3. The molecule has 0 amide bonds. The fourth-order valence-corrected chi connectivity index (χ4v) is 1.23. The maximum Gasteiger partial charge on any atom is 0.126 e. The Balaban J connectivity index is 2.84. The van der Waals surface area contributed by atoms with E-state index in [0.717, 1.165) is 0 Å². The third-order valence-corrected chi connectivity index (χ3v) is 2.75. The van der Waals surface area contributed by atoms with Crippen molar-refractivity contribution in [2.75, 3.05) is 0 Å². The lowest BCUT2D eigenvalue weighted by atomic mass is 9.86. The summed E-state index contributed by atoms with van der Waals surface area (Å²) in [4.78, 5) is 0. The van der Waals surface area contributed by atoms with Crippen molar-refractivity contribution in [2.45, 2.75) is 32.8 Å². The molecule has 1 aromatic rings. The molecule has 1 atom stereocenters. The average Bonchev–Trinajstić information content (AvgIpc) is 2.08. The highest BCUT2D eigenvalue weighted by Gasteiger charge is 2.26. The van der Waals surface area contributed by atoms with E-state index >= 15 is 0 Å². The fraction of sp³-hybridized carbons (Fsp3) is 0.500. The molecule has 2 heteroatoms. The van der Waals surface area contributed by atoms with Crippen LogP contribution in [0, 0.1) is 11.7 Å². The molecular weight excluding hydrogens is 179 g/mol. The van der Waals surface area contributed by atoms with Gasteiger partial charge in [0.05, 0.1) is 5.60 Å². The largest absolute Gasteiger partial charge is 0.390 e. The summed E-state index contributed by atoms with van der Waals surface area (Å²) in [6, 6.07) is 6.58. The summed E-state index contributed by atoms with van der Waals surface area (Å²) in [5.41, 5.74) is -0.270. The third kappa shape index (κ3) is 2.55. The molecule has 1 aromatic carbocycles. The van der Waals surface area contributed by atoms with Crippen LogP contribution >= 0.6 is 0 Å². The van der Waals surface area contributed by atoms with Gasteiger partial charge in [-0.1, -0.05) is 32.0 Å². The summed E-state index contributed by atoms with van der Waals surface area (Å²) in [6.07, 6.45) is 0.358. The molecular formula is C12H17FO. The van der Waals surface area contributed by atoms with Gasteiger partial charge in [-0.2, -0.15) is 0 Å². The maximum atomic E-state index is 13.3. The summed E-state index contributed by atoms with van der Waals surface area (Å²) in [6.45, 7) is 5.60. The van der Waals surface area contributed by atoms with Gasteiger partial charge in [-0.15, -0.1) is 0 Å². The molecule has 0 fully saturated rings. The molecule has 0 saturated heterocycles. The third-order valence-electron chi connectivity index (χ3n) is 2.75. The molecule has 1 rings (SSSR count). The number of rotatable bonds is 3. The fourth-order valence-electron chi connectivity index (χ4n) is 1.23. The molecule has 0 bridgehead atoms. The number of benzene rings is 1. The Bertz CT molecular complexity index is 305. The van der Waals surface area contributed by atoms with Crippen molar-refractivity contribution >= 4 is 0 Å². The summed E-state index contributed by atoms with van der Waals surface area (Å²) >= 11 is 0. The van der Waals surface area contributed by atoms with Crippen LogP contribution in [-0.2, 0) is 6.42 Å². The molecule has 0 radical (unpaired) electrons. The minimum absolute atomic E-state index is 0.113. The summed E-state index contributed by atoms with van der Waals surface area (Å²) in [7, 11) is 0. The van der Waals surface area contributed by atoms with E-state index in [2.05, 4.69) is 0 Å². The highest BCUT2D eigenvalue weighted by molar-refractivity contribution is 5.19. The van der Waals surface area contributed by atoms with Crippen LogP contribution in [0.2, 0.25) is 0 Å². The Morgan fingerprint density at radius 1 is 1.36 bits per heavy atom. The Hall–Kier alpha value is -0.890. The van der Waals surface area contributed by atoms with Crippen molar-refractivity contribution in [3.8, 4) is 0 Å². The van der Waals surface area contributed by atoms with E-state index in [1.807, 2.05) is 13.8 Å². The predicted octanol–water partition coefficient (Wildman–Crippen LogP) is 2.78. The monoisotopic (exact) mass is 196 g/mol. The zero-order valence-corrected chi connectivity index (χ0v) is 8.92. The van der Waals surface area contributed by atoms with Crippen molar-refractivity contribution in [1.29, 1.82) is 0 Å². The Kier molecular flexibility index (Phi) is 3.27. The van der Waals surface area contributed by atoms with Gasteiger partial charge in [0, 0.05) is 6.42 Å². The van der Waals surface area contributed by atoms with Crippen LogP contribution in [0.1, 0.15) is 26.3 Å². The molecule has 0 aliphatic rings. The van der Waals surface area contributed by atoms with E-state index in [4.69, 9.17) is 0 Å². The predicted molar refractivity (Wildman–Crippen MR) is 55.6 cm³/mol. The molecule has 0 spiro atoms. The van der Waals surface area contributed by atoms with Crippen molar-refractivity contribution in [2.24, 2.45) is 5.92 Å². The standard InChI is InChI=1S/C12H17FO/c1-9(2)12(3,14)8-10-6-4-5-7-11(10)13/h4-7,9,14H,8H2,1-3H3. The second-order valence-electron chi connectivity index (χ2n) is 4.28. The number of hydrogen-bond acceptors (Lipinski definition) is 1. The van der Waals surface area contributed by atoms with E-state index in [-0.39, 0.29) is 11.7 Å². The quantitative estimate of drug-likeness (QED) is 0.788. The van der Waals surface area contributed by atoms with E-state index in [9.17, 15) is 9.50 Å². The highest BCUT2D eigenvalue weighted by Crippen LogP contribution is 2.22. The van der Waals surface area contributed by atoms with Crippen LogP contribution in [0.15, 0.2) is 24.3 Å². The van der Waals surface area contributed by atoms with E-state index in [1.165, 1.54) is 6.07 Å². The zero-order valence-electron chi connectivity index (χ0n) is 8.92. The van der Waals surface area contributed by atoms with Crippen LogP contribution in [-0.4, -0.2) is 10.7 Å². The average molecular weight is 196 g/mol. The van der Waals surface area contributed by atoms with E-state index in [1.54, 1.807) is 25.1 Å². The van der Waals surface area contributed by atoms with Gasteiger partial charge >= 0.3 is 0 Å². The molecule has 1 N–H and O–H groups in total. The minimum atomic E-state index is -0.845. The molecule has 0 heterocycles. The molecule has 0 aliphatic carbocycles. The lowest BCUT2D eigenvalue weighted by molar-refractivity contribution is 0.0132. The number of halogens is 1. The number of hydrogen-bond donors (Lipinski definition) is 1. The first kappa shape index (κ1) is 11.2. The van der Waals surface area contributed by atoms with Crippen LogP contribution in [0.25, 0.3) is 0 Å². The molecule has 0 saturated carbocycles. The molecule has 1 unspecified atom stereocenters. The van der Waals surface area contributed by atoms with E-state index < -0.39 is 5.60 Å². The Labute approximate surface area is 84.6 Å². The van der Waals surface area contributed by atoms with Gasteiger partial charge in [0.1, 0.15) is 5.82 Å². The summed E-state index contributed by atoms with van der Waals surface area (Å²) < 4.78 is 13.3. The van der Waals surface area contributed by atoms with Crippen LogP contribution in [0.3, 0.4) is 0 Å². The second-order valence-corrected chi connectivity index (χ2v) is 4.28. The lowest BCUT2D eigenvalue weighted by Crippen LogP contribution is -2.33. The first-order chi connectivity index (χ1) is 6.43.